The first kappa shape index (κ1) is 10.1. The Morgan fingerprint density at radius 3 is 2.00 bits per heavy atom. The molecule has 0 saturated heterocycles. The molecule has 2 aromatic carbocycles. The minimum atomic E-state index is 0.226. The minimum absolute atomic E-state index is 0.226. The van der Waals surface area contributed by atoms with E-state index >= 15 is 0 Å². The van der Waals surface area contributed by atoms with Gasteiger partial charge in [0.1, 0.15) is 11.5 Å². The number of halogens is 1. The van der Waals surface area contributed by atoms with Crippen LogP contribution in [-0.2, 0) is 0 Å². The number of phenolic OH excluding ortho intramolecular Hbond substituents is 2. The molecule has 0 spiro atoms. The van der Waals surface area contributed by atoms with Crippen molar-refractivity contribution >= 4 is 15.9 Å². The van der Waals surface area contributed by atoms with Crippen molar-refractivity contribution in [2.75, 3.05) is 0 Å². The molecule has 0 bridgehead atoms. The summed E-state index contributed by atoms with van der Waals surface area (Å²) in [5.41, 5.74) is 1.97. The van der Waals surface area contributed by atoms with Crippen LogP contribution in [0.15, 0.2) is 46.9 Å². The van der Waals surface area contributed by atoms with Gasteiger partial charge in [-0.15, -0.1) is 0 Å². The number of phenols is 2. The van der Waals surface area contributed by atoms with Crippen molar-refractivity contribution in [3.05, 3.63) is 46.9 Å². The van der Waals surface area contributed by atoms with Gasteiger partial charge in [0.25, 0.3) is 0 Å². The van der Waals surface area contributed by atoms with Crippen molar-refractivity contribution in [1.29, 1.82) is 0 Å². The molecule has 15 heavy (non-hydrogen) atoms. The Morgan fingerprint density at radius 2 is 1.40 bits per heavy atom. The largest absolute Gasteiger partial charge is 0.508 e. The summed E-state index contributed by atoms with van der Waals surface area (Å²) < 4.78 is 0.827. The highest BCUT2D eigenvalue weighted by molar-refractivity contribution is 9.10. The molecule has 3 heteroatoms. The summed E-state index contributed by atoms with van der Waals surface area (Å²) in [6.45, 7) is 0. The van der Waals surface area contributed by atoms with Gasteiger partial charge in [-0.1, -0.05) is 28.1 Å². The van der Waals surface area contributed by atoms with Crippen LogP contribution in [0.25, 0.3) is 11.1 Å². The molecule has 0 radical (unpaired) electrons. The molecule has 0 aliphatic heterocycles. The topological polar surface area (TPSA) is 40.5 Å². The van der Waals surface area contributed by atoms with Crippen molar-refractivity contribution in [1.82, 2.24) is 0 Å². The van der Waals surface area contributed by atoms with E-state index in [-0.39, 0.29) is 11.5 Å². The maximum absolute atomic E-state index is 9.26. The number of hydrogen-bond acceptors (Lipinski definition) is 2. The first-order chi connectivity index (χ1) is 7.16. The highest BCUT2D eigenvalue weighted by atomic mass is 79.9. The molecule has 0 saturated carbocycles. The summed E-state index contributed by atoms with van der Waals surface area (Å²) in [6.07, 6.45) is 0. The SMILES string of the molecule is Oc1ccc(-c2ccc(O)cc2Br)cc1. The van der Waals surface area contributed by atoms with Crippen LogP contribution < -0.4 is 0 Å². The summed E-state index contributed by atoms with van der Waals surface area (Å²) in [5.74, 6) is 0.470. The fourth-order valence-electron chi connectivity index (χ4n) is 1.38. The van der Waals surface area contributed by atoms with Crippen LogP contribution in [0.3, 0.4) is 0 Å². The third-order valence-electron chi connectivity index (χ3n) is 2.13. The van der Waals surface area contributed by atoms with Crippen LogP contribution in [0.4, 0.5) is 0 Å². The lowest BCUT2D eigenvalue weighted by Crippen LogP contribution is -1.79. The number of rotatable bonds is 1. The molecule has 76 valence electrons. The van der Waals surface area contributed by atoms with Crippen molar-refractivity contribution in [3.8, 4) is 22.6 Å². The second kappa shape index (κ2) is 3.95. The van der Waals surface area contributed by atoms with Gasteiger partial charge in [0.2, 0.25) is 0 Å². The molecule has 0 heterocycles. The second-order valence-corrected chi connectivity index (χ2v) is 4.07. The molecule has 0 unspecified atom stereocenters. The minimum Gasteiger partial charge on any atom is -0.508 e. The van der Waals surface area contributed by atoms with E-state index in [0.717, 1.165) is 15.6 Å². The predicted molar refractivity (Wildman–Crippen MR) is 62.9 cm³/mol. The zero-order valence-electron chi connectivity index (χ0n) is 7.81. The molecule has 2 nitrogen and oxygen atoms in total. The lowest BCUT2D eigenvalue weighted by atomic mass is 10.1. The molecule has 2 rings (SSSR count). The van der Waals surface area contributed by atoms with Crippen molar-refractivity contribution < 1.29 is 10.2 Å². The van der Waals surface area contributed by atoms with Crippen molar-refractivity contribution in [2.45, 2.75) is 0 Å². The summed E-state index contributed by atoms with van der Waals surface area (Å²) >= 11 is 3.38. The van der Waals surface area contributed by atoms with Crippen LogP contribution in [0, 0.1) is 0 Å². The smallest absolute Gasteiger partial charge is 0.116 e. The molecule has 0 aliphatic carbocycles. The van der Waals surface area contributed by atoms with Gasteiger partial charge in [-0.3, -0.25) is 0 Å². The van der Waals surface area contributed by atoms with E-state index in [4.69, 9.17) is 5.11 Å². The molecule has 2 N–H and O–H groups in total. The monoisotopic (exact) mass is 264 g/mol. The highest BCUT2D eigenvalue weighted by Crippen LogP contribution is 2.31. The highest BCUT2D eigenvalue weighted by Gasteiger charge is 2.03. The van der Waals surface area contributed by atoms with E-state index in [1.165, 1.54) is 0 Å². The van der Waals surface area contributed by atoms with Gasteiger partial charge in [-0.25, -0.2) is 0 Å². The van der Waals surface area contributed by atoms with E-state index in [9.17, 15) is 5.11 Å². The standard InChI is InChI=1S/C12H9BrO2/c13-12-7-10(15)5-6-11(12)8-1-3-9(14)4-2-8/h1-7,14-15H. The maximum Gasteiger partial charge on any atom is 0.116 e. The molecular weight excluding hydrogens is 256 g/mol. The lowest BCUT2D eigenvalue weighted by Gasteiger charge is -2.05. The van der Waals surface area contributed by atoms with Crippen LogP contribution in [0.1, 0.15) is 0 Å². The number of aromatic hydroxyl groups is 2. The van der Waals surface area contributed by atoms with Gasteiger partial charge < -0.3 is 10.2 Å². The Hall–Kier alpha value is -1.48. The number of benzene rings is 2. The van der Waals surface area contributed by atoms with Crippen LogP contribution in [0.2, 0.25) is 0 Å². The molecule has 0 aliphatic rings. The van der Waals surface area contributed by atoms with Gasteiger partial charge in [-0.2, -0.15) is 0 Å². The first-order valence-corrected chi connectivity index (χ1v) is 5.24. The van der Waals surface area contributed by atoms with Crippen molar-refractivity contribution in [2.24, 2.45) is 0 Å². The molecule has 0 atom stereocenters. The lowest BCUT2D eigenvalue weighted by molar-refractivity contribution is 0.474. The van der Waals surface area contributed by atoms with Gasteiger partial charge in [-0.05, 0) is 41.5 Å². The quantitative estimate of drug-likeness (QED) is 0.828. The fourth-order valence-corrected chi connectivity index (χ4v) is 1.97. The van der Waals surface area contributed by atoms with Gasteiger partial charge >= 0.3 is 0 Å². The van der Waals surface area contributed by atoms with Gasteiger partial charge in [0, 0.05) is 4.47 Å². The summed E-state index contributed by atoms with van der Waals surface area (Å²) in [6, 6.07) is 12.0. The normalized spacial score (nSPS) is 10.2. The zero-order chi connectivity index (χ0) is 10.8. The Bertz CT molecular complexity index is 477. The molecule has 0 aromatic heterocycles. The van der Waals surface area contributed by atoms with Crippen LogP contribution in [-0.4, -0.2) is 10.2 Å². The Kier molecular flexibility index (Phi) is 2.64. The predicted octanol–water partition coefficient (Wildman–Crippen LogP) is 3.53. The summed E-state index contributed by atoms with van der Waals surface area (Å²) in [5, 5.41) is 18.4. The van der Waals surface area contributed by atoms with Gasteiger partial charge in [0.15, 0.2) is 0 Å². The molecule has 2 aromatic rings. The Balaban J connectivity index is 2.49. The van der Waals surface area contributed by atoms with E-state index in [0.29, 0.717) is 0 Å². The van der Waals surface area contributed by atoms with E-state index < -0.39 is 0 Å². The second-order valence-electron chi connectivity index (χ2n) is 3.21. The third-order valence-corrected chi connectivity index (χ3v) is 2.79. The van der Waals surface area contributed by atoms with Crippen LogP contribution >= 0.6 is 15.9 Å². The Labute approximate surface area is 95.9 Å². The van der Waals surface area contributed by atoms with Crippen LogP contribution in [0.5, 0.6) is 11.5 Å². The summed E-state index contributed by atoms with van der Waals surface area (Å²) in [4.78, 5) is 0. The maximum atomic E-state index is 9.26. The van der Waals surface area contributed by atoms with Gasteiger partial charge in [0.05, 0.1) is 0 Å². The first-order valence-electron chi connectivity index (χ1n) is 4.45. The van der Waals surface area contributed by atoms with E-state index in [2.05, 4.69) is 15.9 Å². The van der Waals surface area contributed by atoms with E-state index in [1.807, 2.05) is 18.2 Å². The fraction of sp³-hybridized carbons (Fsp3) is 0. The van der Waals surface area contributed by atoms with Crippen molar-refractivity contribution in [3.63, 3.8) is 0 Å². The zero-order valence-corrected chi connectivity index (χ0v) is 9.40. The third kappa shape index (κ3) is 2.13. The Morgan fingerprint density at radius 1 is 0.800 bits per heavy atom. The molecular formula is C12H9BrO2. The molecule has 0 fully saturated rings. The average Bonchev–Trinajstić information content (AvgIpc) is 2.20. The number of hydrogen-bond donors (Lipinski definition) is 2. The van der Waals surface area contributed by atoms with E-state index in [1.54, 1.807) is 24.3 Å². The summed E-state index contributed by atoms with van der Waals surface area (Å²) in [7, 11) is 0. The molecule has 0 amide bonds. The average molecular weight is 265 g/mol.